The van der Waals surface area contributed by atoms with Crippen molar-refractivity contribution in [3.05, 3.63) is 120 Å². The largest absolute Gasteiger partial charge is 0.363 e. The lowest BCUT2D eigenvalue weighted by atomic mass is 9.96. The number of thiocarbonyl (C=S) groups is 2. The molecule has 246 valence electrons. The molecule has 0 aliphatic rings. The molecule has 0 aliphatic heterocycles. The van der Waals surface area contributed by atoms with Gasteiger partial charge in [-0.1, -0.05) is 110 Å². The predicted molar refractivity (Wildman–Crippen MR) is 215 cm³/mol. The third-order valence-electron chi connectivity index (χ3n) is 9.30. The van der Waals surface area contributed by atoms with Gasteiger partial charge >= 0.3 is 0 Å². The van der Waals surface area contributed by atoms with Gasteiger partial charge in [-0.3, -0.25) is 0 Å². The van der Waals surface area contributed by atoms with Crippen LogP contribution in [-0.4, -0.2) is 46.2 Å². The average molecular weight is 671 g/mol. The van der Waals surface area contributed by atoms with Crippen molar-refractivity contribution in [3.63, 3.8) is 0 Å². The predicted octanol–water partition coefficient (Wildman–Crippen LogP) is 9.95. The molecule has 0 bridgehead atoms. The summed E-state index contributed by atoms with van der Waals surface area (Å²) >= 11 is 11.8. The van der Waals surface area contributed by atoms with E-state index in [9.17, 15) is 0 Å². The van der Waals surface area contributed by atoms with Crippen molar-refractivity contribution >= 4 is 77.8 Å². The molecule has 0 fully saturated rings. The number of rotatable bonds is 13. The van der Waals surface area contributed by atoms with E-state index < -0.39 is 0 Å². The van der Waals surface area contributed by atoms with Crippen LogP contribution in [0.4, 0.5) is 0 Å². The Kier molecular flexibility index (Phi) is 11.4. The molecule has 0 radical (unpaired) electrons. The van der Waals surface area contributed by atoms with Crippen molar-refractivity contribution in [2.75, 3.05) is 26.2 Å². The highest BCUT2D eigenvalue weighted by molar-refractivity contribution is 7.80. The lowest BCUT2D eigenvalue weighted by Gasteiger charge is -2.28. The van der Waals surface area contributed by atoms with Crippen LogP contribution in [0.25, 0.3) is 43.1 Å². The minimum atomic E-state index is 0.789. The Morgan fingerprint density at radius 3 is 1.10 bits per heavy atom. The normalized spacial score (nSPS) is 11.3. The van der Waals surface area contributed by atoms with E-state index in [2.05, 4.69) is 143 Å². The molecular weight excluding hydrogens is 625 g/mol. The van der Waals surface area contributed by atoms with Crippen LogP contribution in [0, 0.1) is 0 Å². The number of nitrogens with one attached hydrogen (secondary N) is 2. The smallest absolute Gasteiger partial charge is 0.169 e. The molecule has 48 heavy (non-hydrogen) atoms. The van der Waals surface area contributed by atoms with Crippen LogP contribution in [0.15, 0.2) is 109 Å². The van der Waals surface area contributed by atoms with Gasteiger partial charge in [-0.05, 0) is 117 Å². The molecule has 0 aromatic heterocycles. The molecule has 0 saturated heterocycles. The fraction of sp³-hybridized carbons (Fsp3) is 0.286. The van der Waals surface area contributed by atoms with Crippen LogP contribution in [0.1, 0.15) is 50.7 Å². The monoisotopic (exact) mass is 670 g/mol. The first kappa shape index (κ1) is 33.6. The third kappa shape index (κ3) is 7.72. The SMILES string of the molecule is CCNC(=S)N(CCCCCCN(Cc1c2ccccc2cc2ccccc12)C(=S)NCC)Cc1c2ccccc2cc2ccccc12. The Hall–Kier alpha value is -4.26. The molecule has 0 aliphatic carbocycles. The summed E-state index contributed by atoms with van der Waals surface area (Å²) in [5, 5.41) is 18.8. The molecule has 0 atom stereocenters. The van der Waals surface area contributed by atoms with E-state index in [-0.39, 0.29) is 0 Å². The maximum atomic E-state index is 5.92. The number of unbranched alkanes of at least 4 members (excludes halogenated alkanes) is 3. The van der Waals surface area contributed by atoms with Crippen LogP contribution < -0.4 is 10.6 Å². The quantitative estimate of drug-likeness (QED) is 0.0723. The van der Waals surface area contributed by atoms with Gasteiger partial charge < -0.3 is 20.4 Å². The summed E-state index contributed by atoms with van der Waals surface area (Å²) in [5.74, 6) is 0. The summed E-state index contributed by atoms with van der Waals surface area (Å²) in [6.07, 6.45) is 4.45. The highest BCUT2D eigenvalue weighted by atomic mass is 32.1. The van der Waals surface area contributed by atoms with E-state index in [0.29, 0.717) is 0 Å². The van der Waals surface area contributed by atoms with Gasteiger partial charge in [0, 0.05) is 39.3 Å². The maximum Gasteiger partial charge on any atom is 0.169 e. The van der Waals surface area contributed by atoms with Crippen LogP contribution in [-0.2, 0) is 13.1 Å². The second-order valence-electron chi connectivity index (χ2n) is 12.5. The summed E-state index contributed by atoms with van der Waals surface area (Å²) in [5.41, 5.74) is 2.69. The summed E-state index contributed by atoms with van der Waals surface area (Å²) in [7, 11) is 0. The number of nitrogens with zero attached hydrogens (tertiary/aromatic N) is 2. The molecule has 6 rings (SSSR count). The number of fused-ring (bicyclic) bond motifs is 4. The average Bonchev–Trinajstić information content (AvgIpc) is 3.11. The minimum absolute atomic E-state index is 0.789. The first-order valence-corrected chi connectivity index (χ1v) is 18.2. The maximum absolute atomic E-state index is 5.92. The van der Waals surface area contributed by atoms with Gasteiger partial charge in [0.25, 0.3) is 0 Å². The van der Waals surface area contributed by atoms with Crippen LogP contribution in [0.2, 0.25) is 0 Å². The molecule has 0 heterocycles. The van der Waals surface area contributed by atoms with Crippen molar-refractivity contribution in [1.29, 1.82) is 0 Å². The standard InChI is InChI=1S/C42H46N4S2/c1-3-43-41(47)45(29-39-35-21-11-7-17-31(35)27-32-18-8-12-22-36(32)39)25-15-5-6-16-26-46(42(48)44-4-2)30-40-37-23-13-9-19-33(37)28-34-20-10-14-24-38(34)40/h7-14,17-24,27-28H,3-6,15-16,25-26,29-30H2,1-2H3,(H,43,47)(H,44,48). The molecule has 6 aromatic rings. The van der Waals surface area contributed by atoms with Crippen molar-refractivity contribution < 1.29 is 0 Å². The molecule has 0 saturated carbocycles. The highest BCUT2D eigenvalue weighted by Gasteiger charge is 2.17. The van der Waals surface area contributed by atoms with E-state index in [1.165, 1.54) is 54.2 Å². The zero-order valence-electron chi connectivity index (χ0n) is 28.2. The third-order valence-corrected chi connectivity index (χ3v) is 10.1. The van der Waals surface area contributed by atoms with Crippen molar-refractivity contribution in [2.24, 2.45) is 0 Å². The van der Waals surface area contributed by atoms with Crippen LogP contribution >= 0.6 is 24.4 Å². The van der Waals surface area contributed by atoms with Gasteiger partial charge in [0.1, 0.15) is 0 Å². The molecule has 2 N–H and O–H groups in total. The Morgan fingerprint density at radius 2 is 0.792 bits per heavy atom. The lowest BCUT2D eigenvalue weighted by Crippen LogP contribution is -2.40. The Morgan fingerprint density at radius 1 is 0.479 bits per heavy atom. The molecule has 0 spiro atoms. The molecule has 4 nitrogen and oxygen atoms in total. The lowest BCUT2D eigenvalue weighted by molar-refractivity contribution is 0.373. The fourth-order valence-corrected chi connectivity index (χ4v) is 7.53. The number of benzene rings is 6. The zero-order valence-corrected chi connectivity index (χ0v) is 29.8. The molecule has 0 unspecified atom stereocenters. The molecule has 0 amide bonds. The minimum Gasteiger partial charge on any atom is -0.363 e. The van der Waals surface area contributed by atoms with Crippen LogP contribution in [0.3, 0.4) is 0 Å². The van der Waals surface area contributed by atoms with E-state index in [4.69, 9.17) is 24.4 Å². The van der Waals surface area contributed by atoms with Gasteiger partial charge in [0.15, 0.2) is 10.2 Å². The topological polar surface area (TPSA) is 30.5 Å². The van der Waals surface area contributed by atoms with Crippen molar-refractivity contribution in [1.82, 2.24) is 20.4 Å². The Bertz CT molecular complexity index is 1780. The molecule has 6 heteroatoms. The Balaban J connectivity index is 1.12. The van der Waals surface area contributed by atoms with Gasteiger partial charge in [-0.25, -0.2) is 0 Å². The highest BCUT2D eigenvalue weighted by Crippen LogP contribution is 2.31. The molecule has 6 aromatic carbocycles. The number of hydrogen-bond donors (Lipinski definition) is 2. The van der Waals surface area contributed by atoms with E-state index >= 15 is 0 Å². The van der Waals surface area contributed by atoms with Gasteiger partial charge in [-0.2, -0.15) is 0 Å². The van der Waals surface area contributed by atoms with E-state index in [1.807, 2.05) is 0 Å². The summed E-state index contributed by atoms with van der Waals surface area (Å²) in [6, 6.07) is 39.5. The second-order valence-corrected chi connectivity index (χ2v) is 13.3. The zero-order chi connectivity index (χ0) is 33.3. The summed E-state index contributed by atoms with van der Waals surface area (Å²) < 4.78 is 0. The summed E-state index contributed by atoms with van der Waals surface area (Å²) in [4.78, 5) is 4.73. The second kappa shape index (κ2) is 16.2. The number of hydrogen-bond acceptors (Lipinski definition) is 2. The molecular formula is C42H46N4S2. The van der Waals surface area contributed by atoms with E-state index in [0.717, 1.165) is 75.2 Å². The Labute approximate surface area is 296 Å². The first-order chi connectivity index (χ1) is 23.6. The fourth-order valence-electron chi connectivity index (χ4n) is 6.93. The van der Waals surface area contributed by atoms with E-state index in [1.54, 1.807) is 0 Å². The van der Waals surface area contributed by atoms with Crippen LogP contribution in [0.5, 0.6) is 0 Å². The van der Waals surface area contributed by atoms with Gasteiger partial charge in [-0.15, -0.1) is 0 Å². The van der Waals surface area contributed by atoms with Crippen molar-refractivity contribution in [2.45, 2.75) is 52.6 Å². The van der Waals surface area contributed by atoms with Crippen molar-refractivity contribution in [3.8, 4) is 0 Å². The first-order valence-electron chi connectivity index (χ1n) is 17.4. The van der Waals surface area contributed by atoms with Gasteiger partial charge in [0.2, 0.25) is 0 Å². The van der Waals surface area contributed by atoms with Gasteiger partial charge in [0.05, 0.1) is 0 Å². The summed E-state index contributed by atoms with van der Waals surface area (Å²) in [6.45, 7) is 9.29.